The first-order valence-corrected chi connectivity index (χ1v) is 6.72. The monoisotopic (exact) mass is 218 g/mol. The number of aliphatic hydroxyl groups excluding tert-OH is 1. The summed E-state index contributed by atoms with van der Waals surface area (Å²) in [7, 11) is 0. The van der Waals surface area contributed by atoms with E-state index >= 15 is 0 Å². The van der Waals surface area contributed by atoms with E-state index in [9.17, 15) is 5.11 Å². The third kappa shape index (κ3) is 1.48. The Balaban J connectivity index is 1.79. The maximum atomic E-state index is 9.58. The molecule has 3 aliphatic rings. The predicted molar refractivity (Wildman–Crippen MR) is 65.9 cm³/mol. The minimum absolute atomic E-state index is 0.207. The minimum atomic E-state index is -0.207. The molecule has 2 fully saturated rings. The maximum absolute atomic E-state index is 9.58. The molecular formula is C15H22O. The smallest absolute Gasteiger partial charge is 0.0572 e. The van der Waals surface area contributed by atoms with Gasteiger partial charge in [-0.25, -0.2) is 0 Å². The lowest BCUT2D eigenvalue weighted by molar-refractivity contribution is 0.156. The fourth-order valence-electron chi connectivity index (χ4n) is 4.05. The van der Waals surface area contributed by atoms with Gasteiger partial charge in [0.2, 0.25) is 0 Å². The summed E-state index contributed by atoms with van der Waals surface area (Å²) in [6, 6.07) is 0. The van der Waals surface area contributed by atoms with Crippen molar-refractivity contribution >= 4 is 0 Å². The lowest BCUT2D eigenvalue weighted by atomic mass is 9.78. The van der Waals surface area contributed by atoms with Crippen LogP contribution < -0.4 is 0 Å². The summed E-state index contributed by atoms with van der Waals surface area (Å²) >= 11 is 0. The number of hydrogen-bond donors (Lipinski definition) is 1. The zero-order valence-corrected chi connectivity index (χ0v) is 10.3. The summed E-state index contributed by atoms with van der Waals surface area (Å²) < 4.78 is 0. The molecule has 3 aliphatic carbocycles. The van der Waals surface area contributed by atoms with Crippen LogP contribution in [0.25, 0.3) is 0 Å². The Hall–Kier alpha value is -0.560. The molecule has 0 radical (unpaired) electrons. The summed E-state index contributed by atoms with van der Waals surface area (Å²) in [6.07, 6.45) is 11.0. The lowest BCUT2D eigenvalue weighted by Gasteiger charge is -2.27. The molecule has 3 rings (SSSR count). The van der Waals surface area contributed by atoms with Crippen molar-refractivity contribution in [2.24, 2.45) is 29.6 Å². The number of allylic oxidation sites excluding steroid dienone is 3. The van der Waals surface area contributed by atoms with Crippen LogP contribution in [0.15, 0.2) is 23.8 Å². The van der Waals surface area contributed by atoms with Crippen molar-refractivity contribution in [2.75, 3.05) is 0 Å². The van der Waals surface area contributed by atoms with Gasteiger partial charge in [-0.2, -0.15) is 0 Å². The quantitative estimate of drug-likeness (QED) is 0.706. The summed E-state index contributed by atoms with van der Waals surface area (Å²) in [5.41, 5.74) is 1.64. The standard InChI is InChI=1S/C15H22O/c1-9(10(2)16)6-11-7-12-8-15(11)14-5-3-4-13(12)14/h3,5-6,9-10,12-16H,4,7-8H2,1-2H3/t9-,10-,12?,13+,14+,15?/m0/s1. The first-order chi connectivity index (χ1) is 7.66. The van der Waals surface area contributed by atoms with Crippen molar-refractivity contribution < 1.29 is 5.11 Å². The molecule has 1 N–H and O–H groups in total. The van der Waals surface area contributed by atoms with Gasteiger partial charge in [-0.1, -0.05) is 30.7 Å². The topological polar surface area (TPSA) is 20.2 Å². The first-order valence-electron chi connectivity index (χ1n) is 6.72. The van der Waals surface area contributed by atoms with E-state index in [1.165, 1.54) is 19.3 Å². The number of aliphatic hydroxyl groups is 1. The number of fused-ring (bicyclic) bond motifs is 5. The van der Waals surface area contributed by atoms with Gasteiger partial charge in [0.1, 0.15) is 0 Å². The van der Waals surface area contributed by atoms with Crippen LogP contribution in [0, 0.1) is 29.6 Å². The average Bonchev–Trinajstić information content (AvgIpc) is 2.87. The average molecular weight is 218 g/mol. The van der Waals surface area contributed by atoms with Gasteiger partial charge in [-0.3, -0.25) is 0 Å². The van der Waals surface area contributed by atoms with Crippen LogP contribution in [0.5, 0.6) is 0 Å². The van der Waals surface area contributed by atoms with Crippen molar-refractivity contribution in [2.45, 2.75) is 39.2 Å². The van der Waals surface area contributed by atoms with Gasteiger partial charge in [0.15, 0.2) is 0 Å². The van der Waals surface area contributed by atoms with Gasteiger partial charge >= 0.3 is 0 Å². The zero-order chi connectivity index (χ0) is 11.3. The van der Waals surface area contributed by atoms with Gasteiger partial charge in [0, 0.05) is 0 Å². The van der Waals surface area contributed by atoms with Crippen LogP contribution >= 0.6 is 0 Å². The maximum Gasteiger partial charge on any atom is 0.0572 e. The number of rotatable bonds is 2. The fourth-order valence-corrected chi connectivity index (χ4v) is 4.05. The molecule has 1 heteroatoms. The predicted octanol–water partition coefficient (Wildman–Crippen LogP) is 3.16. The molecular weight excluding hydrogens is 196 g/mol. The Morgan fingerprint density at radius 1 is 1.44 bits per heavy atom. The molecule has 1 nitrogen and oxygen atoms in total. The van der Waals surface area contributed by atoms with Crippen molar-refractivity contribution in [3.8, 4) is 0 Å². The summed E-state index contributed by atoms with van der Waals surface area (Å²) in [5.74, 6) is 3.88. The summed E-state index contributed by atoms with van der Waals surface area (Å²) in [5, 5.41) is 9.58. The third-order valence-electron chi connectivity index (χ3n) is 5.10. The van der Waals surface area contributed by atoms with Crippen molar-refractivity contribution in [1.82, 2.24) is 0 Å². The van der Waals surface area contributed by atoms with Gasteiger partial charge in [0.05, 0.1) is 6.10 Å². The molecule has 0 spiro atoms. The van der Waals surface area contributed by atoms with E-state index in [1.807, 2.05) is 6.92 Å². The van der Waals surface area contributed by atoms with Crippen LogP contribution in [-0.2, 0) is 0 Å². The van der Waals surface area contributed by atoms with Gasteiger partial charge in [-0.05, 0) is 55.8 Å². The summed E-state index contributed by atoms with van der Waals surface area (Å²) in [4.78, 5) is 0. The van der Waals surface area contributed by atoms with E-state index in [2.05, 4.69) is 25.2 Å². The Bertz CT molecular complexity index is 339. The summed E-state index contributed by atoms with van der Waals surface area (Å²) in [6.45, 7) is 4.03. The molecule has 0 aromatic heterocycles. The highest BCUT2D eigenvalue weighted by molar-refractivity contribution is 5.27. The fraction of sp³-hybridized carbons (Fsp3) is 0.733. The van der Waals surface area contributed by atoms with Crippen LogP contribution in [0.3, 0.4) is 0 Å². The molecule has 6 atom stereocenters. The highest BCUT2D eigenvalue weighted by atomic mass is 16.3. The van der Waals surface area contributed by atoms with E-state index in [0.29, 0.717) is 5.92 Å². The van der Waals surface area contributed by atoms with Crippen molar-refractivity contribution in [3.05, 3.63) is 23.8 Å². The molecule has 0 aromatic carbocycles. The molecule has 0 heterocycles. The second-order valence-corrected chi connectivity index (χ2v) is 6.05. The lowest BCUT2D eigenvalue weighted by Crippen LogP contribution is -2.20. The van der Waals surface area contributed by atoms with E-state index < -0.39 is 0 Å². The Morgan fingerprint density at radius 2 is 2.25 bits per heavy atom. The molecule has 0 saturated heterocycles. The largest absolute Gasteiger partial charge is 0.393 e. The van der Waals surface area contributed by atoms with Gasteiger partial charge in [0.25, 0.3) is 0 Å². The highest BCUT2D eigenvalue weighted by Crippen LogP contribution is 2.58. The van der Waals surface area contributed by atoms with Gasteiger partial charge < -0.3 is 5.11 Å². The first kappa shape index (κ1) is 10.6. The highest BCUT2D eigenvalue weighted by Gasteiger charge is 2.49. The van der Waals surface area contributed by atoms with E-state index in [1.54, 1.807) is 5.57 Å². The van der Waals surface area contributed by atoms with E-state index in [-0.39, 0.29) is 6.10 Å². The second-order valence-electron chi connectivity index (χ2n) is 6.05. The molecule has 0 aliphatic heterocycles. The van der Waals surface area contributed by atoms with Crippen LogP contribution in [-0.4, -0.2) is 11.2 Å². The normalized spacial score (nSPS) is 46.3. The Morgan fingerprint density at radius 3 is 3.00 bits per heavy atom. The van der Waals surface area contributed by atoms with Crippen molar-refractivity contribution in [1.29, 1.82) is 0 Å². The molecule has 2 unspecified atom stereocenters. The van der Waals surface area contributed by atoms with Crippen LogP contribution in [0.2, 0.25) is 0 Å². The van der Waals surface area contributed by atoms with Crippen molar-refractivity contribution in [3.63, 3.8) is 0 Å². The van der Waals surface area contributed by atoms with E-state index in [0.717, 1.165) is 23.7 Å². The zero-order valence-electron chi connectivity index (χ0n) is 10.3. The molecule has 0 aromatic rings. The van der Waals surface area contributed by atoms with Crippen LogP contribution in [0.1, 0.15) is 33.1 Å². The Labute approximate surface area is 98.2 Å². The van der Waals surface area contributed by atoms with Crippen LogP contribution in [0.4, 0.5) is 0 Å². The molecule has 88 valence electrons. The third-order valence-corrected chi connectivity index (χ3v) is 5.10. The Kier molecular flexibility index (Phi) is 2.47. The number of hydrogen-bond acceptors (Lipinski definition) is 1. The second kappa shape index (κ2) is 3.73. The minimum Gasteiger partial charge on any atom is -0.393 e. The van der Waals surface area contributed by atoms with E-state index in [4.69, 9.17) is 0 Å². The van der Waals surface area contributed by atoms with Gasteiger partial charge in [-0.15, -0.1) is 0 Å². The molecule has 2 saturated carbocycles. The SMILES string of the molecule is C[C@H](O)[C@@H](C)C=C1CC2CC1[C@@H]1C=CC[C@H]21. The molecule has 0 amide bonds. The molecule has 16 heavy (non-hydrogen) atoms. The molecule has 2 bridgehead atoms.